The van der Waals surface area contributed by atoms with Gasteiger partial charge in [-0.2, -0.15) is 0 Å². The smallest absolute Gasteiger partial charge is 0.248 e. The first-order valence-corrected chi connectivity index (χ1v) is 9.28. The van der Waals surface area contributed by atoms with Crippen molar-refractivity contribution in [3.63, 3.8) is 0 Å². The van der Waals surface area contributed by atoms with E-state index in [9.17, 15) is 9.59 Å². The second kappa shape index (κ2) is 7.12. The molecule has 4 rings (SSSR count). The van der Waals surface area contributed by atoms with E-state index >= 15 is 0 Å². The first-order chi connectivity index (χ1) is 13.4. The Morgan fingerprint density at radius 3 is 2.86 bits per heavy atom. The summed E-state index contributed by atoms with van der Waals surface area (Å²) in [6, 6.07) is 5.04. The molecule has 1 aliphatic rings. The van der Waals surface area contributed by atoms with Gasteiger partial charge in [0.2, 0.25) is 11.8 Å². The molecule has 0 spiro atoms. The van der Waals surface area contributed by atoms with Crippen LogP contribution in [0.25, 0.3) is 16.8 Å². The van der Waals surface area contributed by atoms with Crippen LogP contribution in [0.4, 0.5) is 11.6 Å². The normalized spacial score (nSPS) is 16.5. The van der Waals surface area contributed by atoms with E-state index in [0.717, 1.165) is 17.5 Å². The zero-order chi connectivity index (χ0) is 19.8. The van der Waals surface area contributed by atoms with Crippen LogP contribution in [-0.2, 0) is 9.59 Å². The number of nitrogens with zero attached hydrogens (tertiary/aromatic N) is 4. The van der Waals surface area contributed by atoms with Crippen LogP contribution in [0.2, 0.25) is 5.02 Å². The number of nitrogen functional groups attached to an aromatic ring is 1. The highest BCUT2D eigenvalue weighted by Crippen LogP contribution is 2.26. The van der Waals surface area contributed by atoms with Gasteiger partial charge in [0.1, 0.15) is 17.5 Å². The van der Waals surface area contributed by atoms with Gasteiger partial charge in [0.25, 0.3) is 0 Å². The maximum Gasteiger partial charge on any atom is 0.248 e. The second-order valence-electron chi connectivity index (χ2n) is 6.76. The summed E-state index contributed by atoms with van der Waals surface area (Å²) in [5, 5.41) is 3.21. The van der Waals surface area contributed by atoms with Crippen molar-refractivity contribution in [2.24, 2.45) is 0 Å². The van der Waals surface area contributed by atoms with Gasteiger partial charge >= 0.3 is 0 Å². The summed E-state index contributed by atoms with van der Waals surface area (Å²) in [4.78, 5) is 34.4. The molecule has 0 aromatic carbocycles. The van der Waals surface area contributed by atoms with Crippen LogP contribution >= 0.6 is 11.6 Å². The van der Waals surface area contributed by atoms with Crippen molar-refractivity contribution in [3.8, 4) is 11.1 Å². The molecule has 8 nitrogen and oxygen atoms in total. The highest BCUT2D eigenvalue weighted by atomic mass is 35.5. The highest BCUT2D eigenvalue weighted by Gasteiger charge is 2.32. The Morgan fingerprint density at radius 2 is 2.11 bits per heavy atom. The predicted molar refractivity (Wildman–Crippen MR) is 107 cm³/mol. The maximum atomic E-state index is 12.6. The van der Waals surface area contributed by atoms with Crippen LogP contribution in [0.3, 0.4) is 0 Å². The summed E-state index contributed by atoms with van der Waals surface area (Å²) in [7, 11) is 0. The third-order valence-electron chi connectivity index (χ3n) is 4.87. The Kier molecular flexibility index (Phi) is 4.64. The Bertz CT molecular complexity index is 1080. The molecule has 3 aromatic heterocycles. The summed E-state index contributed by atoms with van der Waals surface area (Å²) in [6.45, 7) is 2.09. The summed E-state index contributed by atoms with van der Waals surface area (Å²) in [6.07, 6.45) is 6.74. The monoisotopic (exact) mass is 398 g/mol. The standard InChI is InChI=1S/C19H19ClN6O2/c1-11(27)26-6-2-3-15(26)19(28)24-16-10-25-9-12(4-5-17(25)23-16)13-7-14(20)18(21)22-8-13/h4-5,7-10,15H,2-3,6H2,1H3,(H2,21,22)(H,24,28)/t15-/m0/s1. The molecular weight excluding hydrogens is 380 g/mol. The number of hydrogen-bond donors (Lipinski definition) is 2. The quantitative estimate of drug-likeness (QED) is 0.705. The average molecular weight is 399 g/mol. The summed E-state index contributed by atoms with van der Waals surface area (Å²) in [5.41, 5.74) is 8.06. The van der Waals surface area contributed by atoms with Gasteiger partial charge in [-0.25, -0.2) is 9.97 Å². The molecule has 1 aliphatic heterocycles. The lowest BCUT2D eigenvalue weighted by atomic mass is 10.1. The first-order valence-electron chi connectivity index (χ1n) is 8.90. The lowest BCUT2D eigenvalue weighted by Gasteiger charge is -2.21. The lowest BCUT2D eigenvalue weighted by Crippen LogP contribution is -2.42. The minimum Gasteiger partial charge on any atom is -0.382 e. The van der Waals surface area contributed by atoms with Crippen LogP contribution < -0.4 is 11.1 Å². The number of aromatic nitrogens is 3. The van der Waals surface area contributed by atoms with Crippen molar-refractivity contribution in [2.45, 2.75) is 25.8 Å². The van der Waals surface area contributed by atoms with E-state index < -0.39 is 6.04 Å². The first kappa shape index (κ1) is 18.2. The number of carbonyl (C=O) groups is 2. The number of fused-ring (bicyclic) bond motifs is 1. The SMILES string of the molecule is CC(=O)N1CCC[C@H]1C(=O)Nc1cn2cc(-c3cnc(N)c(Cl)c3)ccc2n1. The van der Waals surface area contributed by atoms with E-state index in [4.69, 9.17) is 17.3 Å². The van der Waals surface area contributed by atoms with Gasteiger partial charge in [-0.15, -0.1) is 0 Å². The van der Waals surface area contributed by atoms with Crippen LogP contribution in [0.15, 0.2) is 36.8 Å². The third kappa shape index (κ3) is 3.38. The zero-order valence-corrected chi connectivity index (χ0v) is 16.0. The number of hydrogen-bond acceptors (Lipinski definition) is 5. The van der Waals surface area contributed by atoms with E-state index in [0.29, 0.717) is 29.5 Å². The molecule has 1 saturated heterocycles. The van der Waals surface area contributed by atoms with Gasteiger partial charge in [-0.3, -0.25) is 9.59 Å². The molecule has 0 radical (unpaired) electrons. The molecule has 0 unspecified atom stereocenters. The molecule has 0 aliphatic carbocycles. The number of amides is 2. The number of halogens is 1. The molecule has 1 atom stereocenters. The van der Waals surface area contributed by atoms with Gasteiger partial charge in [0.05, 0.1) is 11.2 Å². The van der Waals surface area contributed by atoms with Gasteiger partial charge in [-0.05, 0) is 31.0 Å². The van der Waals surface area contributed by atoms with E-state index in [2.05, 4.69) is 15.3 Å². The number of anilines is 2. The average Bonchev–Trinajstić information content (AvgIpc) is 3.29. The Balaban J connectivity index is 1.57. The van der Waals surface area contributed by atoms with Crippen molar-refractivity contribution in [2.75, 3.05) is 17.6 Å². The Morgan fingerprint density at radius 1 is 1.29 bits per heavy atom. The summed E-state index contributed by atoms with van der Waals surface area (Å²) >= 11 is 6.06. The van der Waals surface area contributed by atoms with E-state index in [1.807, 2.05) is 22.7 Å². The number of imidazole rings is 1. The van der Waals surface area contributed by atoms with Gasteiger partial charge in [0, 0.05) is 37.0 Å². The number of pyridine rings is 2. The minimum atomic E-state index is -0.444. The molecule has 3 aromatic rings. The third-order valence-corrected chi connectivity index (χ3v) is 5.17. The molecule has 0 bridgehead atoms. The molecule has 4 heterocycles. The van der Waals surface area contributed by atoms with Crippen LogP contribution in [0.1, 0.15) is 19.8 Å². The van der Waals surface area contributed by atoms with Gasteiger partial charge < -0.3 is 20.4 Å². The summed E-state index contributed by atoms with van der Waals surface area (Å²) in [5.74, 6) is 0.413. The second-order valence-corrected chi connectivity index (χ2v) is 7.17. The Hall–Kier alpha value is -3.13. The fraction of sp³-hybridized carbons (Fsp3) is 0.263. The topological polar surface area (TPSA) is 106 Å². The molecule has 0 saturated carbocycles. The minimum absolute atomic E-state index is 0.0898. The van der Waals surface area contributed by atoms with Crippen molar-refractivity contribution in [3.05, 3.63) is 41.8 Å². The number of nitrogens with two attached hydrogens (primary N) is 1. The number of carbonyl (C=O) groups excluding carboxylic acids is 2. The van der Waals surface area contributed by atoms with Crippen LogP contribution in [0, 0.1) is 0 Å². The highest BCUT2D eigenvalue weighted by molar-refractivity contribution is 6.33. The Labute approximate surface area is 166 Å². The molecule has 9 heteroatoms. The predicted octanol–water partition coefficient (Wildman–Crippen LogP) is 2.58. The van der Waals surface area contributed by atoms with Crippen molar-refractivity contribution in [1.29, 1.82) is 0 Å². The van der Waals surface area contributed by atoms with Crippen molar-refractivity contribution >= 4 is 40.7 Å². The molecular formula is C19H19ClN6O2. The number of rotatable bonds is 3. The van der Waals surface area contributed by atoms with E-state index in [1.165, 1.54) is 6.92 Å². The van der Waals surface area contributed by atoms with E-state index in [-0.39, 0.29) is 17.6 Å². The summed E-state index contributed by atoms with van der Waals surface area (Å²) < 4.78 is 1.81. The number of likely N-dealkylation sites (tertiary alicyclic amines) is 1. The van der Waals surface area contributed by atoms with Crippen molar-refractivity contribution in [1.82, 2.24) is 19.3 Å². The molecule has 3 N–H and O–H groups in total. The maximum absolute atomic E-state index is 12.6. The molecule has 1 fully saturated rings. The lowest BCUT2D eigenvalue weighted by molar-refractivity contribution is -0.134. The van der Waals surface area contributed by atoms with Crippen LogP contribution in [-0.4, -0.2) is 43.7 Å². The largest absolute Gasteiger partial charge is 0.382 e. The number of nitrogens with one attached hydrogen (secondary N) is 1. The van der Waals surface area contributed by atoms with Gasteiger partial charge in [-0.1, -0.05) is 11.6 Å². The fourth-order valence-electron chi connectivity index (χ4n) is 3.45. The molecule has 28 heavy (non-hydrogen) atoms. The van der Waals surface area contributed by atoms with Crippen molar-refractivity contribution < 1.29 is 9.59 Å². The van der Waals surface area contributed by atoms with Gasteiger partial charge in [0.15, 0.2) is 5.82 Å². The molecule has 2 amide bonds. The fourth-order valence-corrected chi connectivity index (χ4v) is 3.62. The van der Waals surface area contributed by atoms with Crippen LogP contribution in [0.5, 0.6) is 0 Å². The molecule has 144 valence electrons. The van der Waals surface area contributed by atoms with E-state index in [1.54, 1.807) is 23.4 Å². The zero-order valence-electron chi connectivity index (χ0n) is 15.2.